The predicted octanol–water partition coefficient (Wildman–Crippen LogP) is 2.67. The largest absolute Gasteiger partial charge is 0.481 e. The molecule has 1 N–H and O–H groups in total. The summed E-state index contributed by atoms with van der Waals surface area (Å²) in [5.74, 6) is -0.962. The normalized spacial score (nSPS) is 30.3. The van der Waals surface area contributed by atoms with Gasteiger partial charge in [0.2, 0.25) is 0 Å². The summed E-state index contributed by atoms with van der Waals surface area (Å²) >= 11 is 0. The summed E-state index contributed by atoms with van der Waals surface area (Å²) in [6, 6.07) is -0.0722. The molecule has 144 valence electrons. The summed E-state index contributed by atoms with van der Waals surface area (Å²) in [6.07, 6.45) is 3.26. The third-order valence-electron chi connectivity index (χ3n) is 4.89. The number of rotatable bonds is 5. The maximum Gasteiger partial charge on any atom is 0.410 e. The van der Waals surface area contributed by atoms with Crippen molar-refractivity contribution >= 4 is 12.1 Å². The molecule has 1 heterocycles. The average molecular weight is 357 g/mol. The van der Waals surface area contributed by atoms with Gasteiger partial charge >= 0.3 is 12.1 Å². The van der Waals surface area contributed by atoms with Gasteiger partial charge in [0, 0.05) is 7.11 Å². The molecule has 0 aromatic rings. The Bertz CT molecular complexity index is 467. The van der Waals surface area contributed by atoms with Crippen molar-refractivity contribution in [1.29, 1.82) is 0 Å². The van der Waals surface area contributed by atoms with Gasteiger partial charge in [0.1, 0.15) is 5.60 Å². The Morgan fingerprint density at radius 1 is 1.12 bits per heavy atom. The Balaban J connectivity index is 1.86. The fourth-order valence-electron chi connectivity index (χ4n) is 3.47. The Hall–Kier alpha value is -1.34. The molecule has 2 atom stereocenters. The highest BCUT2D eigenvalue weighted by molar-refractivity contribution is 5.70. The summed E-state index contributed by atoms with van der Waals surface area (Å²) in [5, 5.41) is 9.06. The fraction of sp³-hybridized carbons (Fsp3) is 0.889. The number of amides is 1. The Labute approximate surface area is 149 Å². The predicted molar refractivity (Wildman–Crippen MR) is 91.5 cm³/mol. The molecule has 1 saturated heterocycles. The zero-order valence-corrected chi connectivity index (χ0v) is 15.7. The molecule has 25 heavy (non-hydrogen) atoms. The van der Waals surface area contributed by atoms with E-state index in [1.807, 2.05) is 20.8 Å². The SMILES string of the molecule is CO[C@H]1C[C@@H](COC2CCC(C(=O)O)CC2)N(C(=O)OC(C)(C)C)C1. The quantitative estimate of drug-likeness (QED) is 0.814. The van der Waals surface area contributed by atoms with Crippen LogP contribution in [0.3, 0.4) is 0 Å². The van der Waals surface area contributed by atoms with Gasteiger partial charge in [-0.2, -0.15) is 0 Å². The van der Waals surface area contributed by atoms with Gasteiger partial charge in [-0.1, -0.05) is 0 Å². The van der Waals surface area contributed by atoms with Gasteiger partial charge in [-0.15, -0.1) is 0 Å². The van der Waals surface area contributed by atoms with E-state index < -0.39 is 11.6 Å². The molecule has 7 nitrogen and oxygen atoms in total. The molecule has 1 aliphatic heterocycles. The molecule has 2 fully saturated rings. The monoisotopic (exact) mass is 357 g/mol. The van der Waals surface area contributed by atoms with Crippen LogP contribution in [0.4, 0.5) is 4.79 Å². The van der Waals surface area contributed by atoms with Gasteiger partial charge in [-0.25, -0.2) is 4.79 Å². The molecule has 0 spiro atoms. The van der Waals surface area contributed by atoms with Crippen molar-refractivity contribution in [1.82, 2.24) is 4.90 Å². The first-order valence-corrected chi connectivity index (χ1v) is 9.06. The van der Waals surface area contributed by atoms with E-state index in [1.165, 1.54) is 0 Å². The maximum atomic E-state index is 12.4. The molecule has 0 radical (unpaired) electrons. The van der Waals surface area contributed by atoms with E-state index in [0.717, 1.165) is 19.3 Å². The zero-order chi connectivity index (χ0) is 18.6. The van der Waals surface area contributed by atoms with Crippen LogP contribution in [0, 0.1) is 5.92 Å². The molecular weight excluding hydrogens is 326 g/mol. The maximum absolute atomic E-state index is 12.4. The second-order valence-electron chi connectivity index (χ2n) is 8.03. The summed E-state index contributed by atoms with van der Waals surface area (Å²) in [5.41, 5.74) is -0.539. The molecule has 0 aromatic heterocycles. The number of methoxy groups -OCH3 is 1. The van der Waals surface area contributed by atoms with Crippen molar-refractivity contribution in [2.75, 3.05) is 20.3 Å². The van der Waals surface area contributed by atoms with Crippen LogP contribution in [0.2, 0.25) is 0 Å². The van der Waals surface area contributed by atoms with E-state index >= 15 is 0 Å². The lowest BCUT2D eigenvalue weighted by atomic mass is 9.87. The standard InChI is InChI=1S/C18H31NO6/c1-18(2,3)25-17(22)19-10-15(23-4)9-13(19)11-24-14-7-5-12(6-8-14)16(20)21/h12-15H,5-11H2,1-4H3,(H,20,21)/t12?,13-,14?,15-/m0/s1. The lowest BCUT2D eigenvalue weighted by molar-refractivity contribution is -0.144. The molecule has 2 rings (SSSR count). The number of aliphatic carboxylic acids is 1. The Morgan fingerprint density at radius 2 is 1.76 bits per heavy atom. The molecule has 0 unspecified atom stereocenters. The van der Waals surface area contributed by atoms with Crippen LogP contribution in [-0.4, -0.2) is 66.2 Å². The first-order chi connectivity index (χ1) is 11.7. The summed E-state index contributed by atoms with van der Waals surface area (Å²) in [4.78, 5) is 25.1. The van der Waals surface area contributed by atoms with Gasteiger partial charge in [-0.05, 0) is 52.9 Å². The topological polar surface area (TPSA) is 85.3 Å². The molecular formula is C18H31NO6. The van der Waals surface area contributed by atoms with Crippen molar-refractivity contribution in [3.8, 4) is 0 Å². The van der Waals surface area contributed by atoms with Crippen molar-refractivity contribution in [3.63, 3.8) is 0 Å². The summed E-state index contributed by atoms with van der Waals surface area (Å²) in [7, 11) is 1.65. The van der Waals surface area contributed by atoms with E-state index in [2.05, 4.69) is 0 Å². The number of nitrogens with zero attached hydrogens (tertiary/aromatic N) is 1. The molecule has 0 aromatic carbocycles. The highest BCUT2D eigenvalue weighted by Gasteiger charge is 2.38. The molecule has 1 amide bonds. The number of carbonyl (C=O) groups is 2. The fourth-order valence-corrected chi connectivity index (χ4v) is 3.47. The van der Waals surface area contributed by atoms with Crippen LogP contribution in [0.15, 0.2) is 0 Å². The Kier molecular flexibility index (Phi) is 6.68. The van der Waals surface area contributed by atoms with Crippen LogP contribution < -0.4 is 0 Å². The highest BCUT2D eigenvalue weighted by atomic mass is 16.6. The van der Waals surface area contributed by atoms with E-state index in [0.29, 0.717) is 26.0 Å². The molecule has 0 bridgehead atoms. The second kappa shape index (κ2) is 8.36. The van der Waals surface area contributed by atoms with Crippen molar-refractivity contribution in [2.45, 2.75) is 76.7 Å². The van der Waals surface area contributed by atoms with Gasteiger partial charge < -0.3 is 24.2 Å². The van der Waals surface area contributed by atoms with E-state index in [1.54, 1.807) is 12.0 Å². The smallest absolute Gasteiger partial charge is 0.410 e. The highest BCUT2D eigenvalue weighted by Crippen LogP contribution is 2.28. The zero-order valence-electron chi connectivity index (χ0n) is 15.7. The van der Waals surface area contributed by atoms with Crippen molar-refractivity contribution < 1.29 is 28.9 Å². The van der Waals surface area contributed by atoms with Gasteiger partial charge in [-0.3, -0.25) is 4.79 Å². The molecule has 1 aliphatic carbocycles. The van der Waals surface area contributed by atoms with E-state index in [9.17, 15) is 9.59 Å². The number of carboxylic acid groups (broad SMARTS) is 1. The summed E-state index contributed by atoms with van der Waals surface area (Å²) < 4.78 is 16.9. The van der Waals surface area contributed by atoms with E-state index in [4.69, 9.17) is 19.3 Å². The number of carbonyl (C=O) groups excluding carboxylic acids is 1. The molecule has 1 saturated carbocycles. The minimum atomic E-state index is -0.715. The molecule has 2 aliphatic rings. The average Bonchev–Trinajstić information content (AvgIpc) is 2.95. The van der Waals surface area contributed by atoms with Crippen LogP contribution >= 0.6 is 0 Å². The Morgan fingerprint density at radius 3 is 2.28 bits per heavy atom. The van der Waals surface area contributed by atoms with E-state index in [-0.39, 0.29) is 30.3 Å². The van der Waals surface area contributed by atoms with Crippen LogP contribution in [0.1, 0.15) is 52.9 Å². The minimum absolute atomic E-state index is 0.0103. The first kappa shape index (κ1) is 20.0. The van der Waals surface area contributed by atoms with Crippen LogP contribution in [0.25, 0.3) is 0 Å². The second-order valence-corrected chi connectivity index (χ2v) is 8.03. The number of carboxylic acids is 1. The van der Waals surface area contributed by atoms with Gasteiger partial charge in [0.25, 0.3) is 0 Å². The number of likely N-dealkylation sites (tertiary alicyclic amines) is 1. The van der Waals surface area contributed by atoms with Crippen molar-refractivity contribution in [2.24, 2.45) is 5.92 Å². The van der Waals surface area contributed by atoms with Crippen molar-refractivity contribution in [3.05, 3.63) is 0 Å². The summed E-state index contributed by atoms with van der Waals surface area (Å²) in [6.45, 7) is 6.48. The number of hydrogen-bond donors (Lipinski definition) is 1. The third kappa shape index (κ3) is 5.85. The van der Waals surface area contributed by atoms with Crippen LogP contribution in [-0.2, 0) is 19.0 Å². The first-order valence-electron chi connectivity index (χ1n) is 9.06. The van der Waals surface area contributed by atoms with Crippen LogP contribution in [0.5, 0.6) is 0 Å². The minimum Gasteiger partial charge on any atom is -0.481 e. The number of ether oxygens (including phenoxy) is 3. The van der Waals surface area contributed by atoms with Gasteiger partial charge in [0.15, 0.2) is 0 Å². The lowest BCUT2D eigenvalue weighted by Gasteiger charge is -2.31. The molecule has 7 heteroatoms. The third-order valence-corrected chi connectivity index (χ3v) is 4.89. The lowest BCUT2D eigenvalue weighted by Crippen LogP contribution is -2.42. The van der Waals surface area contributed by atoms with Gasteiger partial charge in [0.05, 0.1) is 37.3 Å². The number of hydrogen-bond acceptors (Lipinski definition) is 5.